The summed E-state index contributed by atoms with van der Waals surface area (Å²) in [7, 11) is -2.31. The zero-order valence-electron chi connectivity index (χ0n) is 16.3. The third kappa shape index (κ3) is 4.78. The van der Waals surface area contributed by atoms with Gasteiger partial charge in [0.15, 0.2) is 0 Å². The first kappa shape index (κ1) is 20.9. The summed E-state index contributed by atoms with van der Waals surface area (Å²) >= 11 is 1.50. The molecule has 3 aromatic rings. The minimum Gasteiger partial charge on any atom is -0.321 e. The van der Waals surface area contributed by atoms with Crippen LogP contribution in [0.15, 0.2) is 76.8 Å². The van der Waals surface area contributed by atoms with Gasteiger partial charge in [-0.2, -0.15) is 0 Å². The van der Waals surface area contributed by atoms with Crippen LogP contribution < -0.4 is 9.62 Å². The van der Waals surface area contributed by atoms with Gasteiger partial charge in [-0.25, -0.2) is 13.4 Å². The molecule has 3 rings (SSSR count). The maximum absolute atomic E-state index is 13.0. The third-order valence-corrected chi connectivity index (χ3v) is 6.80. The zero-order valence-corrected chi connectivity index (χ0v) is 17.9. The average molecular weight is 428 g/mol. The van der Waals surface area contributed by atoms with Gasteiger partial charge in [-0.15, -0.1) is 11.8 Å². The Labute approximate surface area is 175 Å². The van der Waals surface area contributed by atoms with Gasteiger partial charge in [0.1, 0.15) is 0 Å². The number of hydrogen-bond donors (Lipinski definition) is 1. The van der Waals surface area contributed by atoms with Crippen molar-refractivity contribution in [3.05, 3.63) is 78.0 Å². The molecule has 1 aromatic heterocycles. The number of anilines is 2. The highest BCUT2D eigenvalue weighted by atomic mass is 32.2. The van der Waals surface area contributed by atoms with Crippen molar-refractivity contribution in [1.82, 2.24) is 4.98 Å². The summed E-state index contributed by atoms with van der Waals surface area (Å²) in [6.45, 7) is 1.94. The molecular weight excluding hydrogens is 406 g/mol. The van der Waals surface area contributed by atoms with Crippen LogP contribution in [0.4, 0.5) is 11.4 Å². The van der Waals surface area contributed by atoms with Crippen molar-refractivity contribution in [3.8, 4) is 0 Å². The Hall–Kier alpha value is -2.84. The van der Waals surface area contributed by atoms with Crippen LogP contribution in [-0.2, 0) is 10.0 Å². The highest BCUT2D eigenvalue weighted by Gasteiger charge is 2.22. The van der Waals surface area contributed by atoms with Gasteiger partial charge in [-0.05, 0) is 55.6 Å². The lowest BCUT2D eigenvalue weighted by atomic mass is 10.2. The van der Waals surface area contributed by atoms with E-state index in [1.165, 1.54) is 35.2 Å². The van der Waals surface area contributed by atoms with Crippen molar-refractivity contribution in [2.24, 2.45) is 0 Å². The number of sulfonamides is 1. The summed E-state index contributed by atoms with van der Waals surface area (Å²) in [5, 5.41) is 3.58. The second kappa shape index (κ2) is 8.67. The fourth-order valence-corrected chi connectivity index (χ4v) is 4.23. The number of pyridine rings is 1. The van der Waals surface area contributed by atoms with Gasteiger partial charge in [-0.1, -0.05) is 23.8 Å². The molecule has 1 amide bonds. The fraction of sp³-hybridized carbons (Fsp3) is 0.143. The molecule has 1 N–H and O–H groups in total. The van der Waals surface area contributed by atoms with Gasteiger partial charge in [0, 0.05) is 12.6 Å². The number of rotatable bonds is 6. The maximum atomic E-state index is 13.0. The lowest BCUT2D eigenvalue weighted by molar-refractivity contribution is 0.102. The second-order valence-corrected chi connectivity index (χ2v) is 9.18. The van der Waals surface area contributed by atoms with E-state index >= 15 is 0 Å². The predicted molar refractivity (Wildman–Crippen MR) is 117 cm³/mol. The average Bonchev–Trinajstić information content (AvgIpc) is 2.74. The predicted octanol–water partition coefficient (Wildman–Crippen LogP) is 4.19. The lowest BCUT2D eigenvalue weighted by Crippen LogP contribution is -2.26. The van der Waals surface area contributed by atoms with Gasteiger partial charge >= 0.3 is 0 Å². The highest BCUT2D eigenvalue weighted by molar-refractivity contribution is 7.98. The van der Waals surface area contributed by atoms with Crippen molar-refractivity contribution in [2.45, 2.75) is 16.8 Å². The number of thioether (sulfide) groups is 1. The van der Waals surface area contributed by atoms with Crippen molar-refractivity contribution in [3.63, 3.8) is 0 Å². The molecule has 0 atom stereocenters. The van der Waals surface area contributed by atoms with Crippen LogP contribution in [0.3, 0.4) is 0 Å². The van der Waals surface area contributed by atoms with Crippen LogP contribution in [-0.4, -0.2) is 32.6 Å². The number of benzene rings is 2. The number of carbonyl (C=O) groups is 1. The molecular formula is C21H21N3O3S2. The minimum absolute atomic E-state index is 0.0454. The summed E-state index contributed by atoms with van der Waals surface area (Å²) in [6, 6.07) is 16.7. The number of aromatic nitrogens is 1. The topological polar surface area (TPSA) is 79.4 Å². The van der Waals surface area contributed by atoms with Crippen LogP contribution in [0.1, 0.15) is 15.9 Å². The number of amides is 1. The van der Waals surface area contributed by atoms with Crippen LogP contribution in [0.2, 0.25) is 0 Å². The molecule has 0 unspecified atom stereocenters. The van der Waals surface area contributed by atoms with E-state index in [0.717, 1.165) is 10.6 Å². The number of carbonyl (C=O) groups excluding carboxylic acids is 1. The number of nitrogens with zero attached hydrogens (tertiary/aromatic N) is 2. The van der Waals surface area contributed by atoms with Crippen LogP contribution in [0.5, 0.6) is 0 Å². The van der Waals surface area contributed by atoms with Gasteiger partial charge < -0.3 is 5.32 Å². The molecule has 0 aliphatic rings. The second-order valence-electron chi connectivity index (χ2n) is 6.38. The molecule has 150 valence electrons. The Bertz CT molecular complexity index is 1110. The monoisotopic (exact) mass is 427 g/mol. The first-order valence-corrected chi connectivity index (χ1v) is 11.4. The van der Waals surface area contributed by atoms with Crippen molar-refractivity contribution in [1.29, 1.82) is 0 Å². The van der Waals surface area contributed by atoms with Gasteiger partial charge in [0.2, 0.25) is 0 Å². The Morgan fingerprint density at radius 1 is 1.07 bits per heavy atom. The summed E-state index contributed by atoms with van der Waals surface area (Å²) in [5.41, 5.74) is 2.37. The molecule has 0 aliphatic heterocycles. The Morgan fingerprint density at radius 3 is 2.41 bits per heavy atom. The van der Waals surface area contributed by atoms with E-state index < -0.39 is 15.9 Å². The third-order valence-electron chi connectivity index (χ3n) is 4.36. The molecule has 2 aromatic carbocycles. The number of nitrogens with one attached hydrogen (secondary N) is 1. The molecule has 0 spiro atoms. The lowest BCUT2D eigenvalue weighted by Gasteiger charge is -2.20. The number of aryl methyl sites for hydroxylation is 1. The SMILES string of the molecule is CSc1ccc(NC(=O)c2cccc(S(=O)(=O)N(C)c3ccc(C)cc3)c2)cn1. The molecule has 0 aliphatic carbocycles. The summed E-state index contributed by atoms with van der Waals surface area (Å²) in [4.78, 5) is 16.8. The smallest absolute Gasteiger partial charge is 0.264 e. The van der Waals surface area contributed by atoms with E-state index in [0.29, 0.717) is 11.4 Å². The standard InChI is InChI=1S/C21H21N3O3S2/c1-15-7-10-18(11-8-15)24(2)29(26,27)19-6-4-5-16(13-19)21(25)23-17-9-12-20(28-3)22-14-17/h4-14H,1-3H3,(H,23,25). The minimum atomic E-state index is -3.80. The Morgan fingerprint density at radius 2 is 1.79 bits per heavy atom. The van der Waals surface area contributed by atoms with Crippen LogP contribution in [0.25, 0.3) is 0 Å². The van der Waals surface area contributed by atoms with E-state index in [4.69, 9.17) is 0 Å². The summed E-state index contributed by atoms with van der Waals surface area (Å²) in [6.07, 6.45) is 3.48. The summed E-state index contributed by atoms with van der Waals surface area (Å²) in [5.74, 6) is -0.404. The van der Waals surface area contributed by atoms with Crippen molar-refractivity contribution >= 4 is 39.1 Å². The van der Waals surface area contributed by atoms with E-state index in [9.17, 15) is 13.2 Å². The van der Waals surface area contributed by atoms with Crippen LogP contribution in [0, 0.1) is 6.92 Å². The van der Waals surface area contributed by atoms with Gasteiger partial charge in [0.25, 0.3) is 15.9 Å². The first-order valence-electron chi connectivity index (χ1n) is 8.78. The Balaban J connectivity index is 1.83. The van der Waals surface area contributed by atoms with E-state index in [1.54, 1.807) is 42.6 Å². The molecule has 6 nitrogen and oxygen atoms in total. The van der Waals surface area contributed by atoms with Crippen molar-refractivity contribution < 1.29 is 13.2 Å². The highest BCUT2D eigenvalue weighted by Crippen LogP contribution is 2.23. The zero-order chi connectivity index (χ0) is 21.0. The first-order chi connectivity index (χ1) is 13.8. The summed E-state index contributed by atoms with van der Waals surface area (Å²) < 4.78 is 27.2. The molecule has 0 fully saturated rings. The molecule has 29 heavy (non-hydrogen) atoms. The largest absolute Gasteiger partial charge is 0.321 e. The van der Waals surface area contributed by atoms with Crippen molar-refractivity contribution in [2.75, 3.05) is 22.9 Å². The molecule has 0 radical (unpaired) electrons. The van der Waals surface area contributed by atoms with E-state index in [2.05, 4.69) is 10.3 Å². The van der Waals surface area contributed by atoms with Gasteiger partial charge in [-0.3, -0.25) is 9.10 Å². The molecule has 0 saturated heterocycles. The molecule has 0 saturated carbocycles. The fourth-order valence-electron chi connectivity index (χ4n) is 2.63. The van der Waals surface area contributed by atoms with E-state index in [-0.39, 0.29) is 10.5 Å². The molecule has 0 bridgehead atoms. The van der Waals surface area contributed by atoms with Gasteiger partial charge in [0.05, 0.1) is 27.5 Å². The number of hydrogen-bond acceptors (Lipinski definition) is 5. The maximum Gasteiger partial charge on any atom is 0.264 e. The quantitative estimate of drug-likeness (QED) is 0.597. The van der Waals surface area contributed by atoms with Crippen LogP contribution >= 0.6 is 11.8 Å². The van der Waals surface area contributed by atoms with E-state index in [1.807, 2.05) is 25.3 Å². The Kier molecular flexibility index (Phi) is 6.24. The molecule has 8 heteroatoms. The normalized spacial score (nSPS) is 11.1. The molecule has 1 heterocycles.